The molecular formula is C11H10ClN3O2. The summed E-state index contributed by atoms with van der Waals surface area (Å²) in [5.41, 5.74) is 0.0346. The number of hydrogen-bond donors (Lipinski definition) is 1. The second kappa shape index (κ2) is 4.55. The Hall–Kier alpha value is -1.88. The quantitative estimate of drug-likeness (QED) is 0.908. The van der Waals surface area contributed by atoms with E-state index in [2.05, 4.69) is 9.97 Å². The number of carboxylic acid groups (broad SMARTS) is 1. The van der Waals surface area contributed by atoms with E-state index in [0.717, 1.165) is 12.2 Å². The summed E-state index contributed by atoms with van der Waals surface area (Å²) >= 11 is 5.76. The minimum Gasteiger partial charge on any atom is -0.478 e. The lowest BCUT2D eigenvalue weighted by Crippen LogP contribution is -2.05. The number of aromatic carboxylic acids is 1. The standard InChI is InChI=1S/C11H10ClN3O2/c1-2-9-13-3-4-15(9)10-5-7(11(16)17)8(12)6-14-10/h3-6H,2H2,1H3,(H,16,17). The molecule has 17 heavy (non-hydrogen) atoms. The third kappa shape index (κ3) is 2.14. The first-order chi connectivity index (χ1) is 8.13. The van der Waals surface area contributed by atoms with Crippen molar-refractivity contribution >= 4 is 17.6 Å². The zero-order valence-electron chi connectivity index (χ0n) is 9.09. The van der Waals surface area contributed by atoms with E-state index in [1.807, 2.05) is 6.92 Å². The van der Waals surface area contributed by atoms with Gasteiger partial charge in [-0.25, -0.2) is 14.8 Å². The summed E-state index contributed by atoms with van der Waals surface area (Å²) < 4.78 is 1.74. The molecule has 0 aromatic carbocycles. The van der Waals surface area contributed by atoms with E-state index < -0.39 is 5.97 Å². The number of rotatable bonds is 3. The smallest absolute Gasteiger partial charge is 0.337 e. The van der Waals surface area contributed by atoms with Gasteiger partial charge in [0.25, 0.3) is 0 Å². The molecule has 0 unspecified atom stereocenters. The van der Waals surface area contributed by atoms with Crippen molar-refractivity contribution in [2.45, 2.75) is 13.3 Å². The van der Waals surface area contributed by atoms with Crippen LogP contribution in [0.15, 0.2) is 24.7 Å². The van der Waals surface area contributed by atoms with Crippen molar-refractivity contribution in [3.05, 3.63) is 41.1 Å². The van der Waals surface area contributed by atoms with Crippen LogP contribution in [-0.2, 0) is 6.42 Å². The molecule has 2 rings (SSSR count). The van der Waals surface area contributed by atoms with Crippen molar-refractivity contribution in [2.24, 2.45) is 0 Å². The van der Waals surface area contributed by atoms with Crippen LogP contribution < -0.4 is 0 Å². The van der Waals surface area contributed by atoms with Crippen molar-refractivity contribution in [3.63, 3.8) is 0 Å². The molecule has 88 valence electrons. The van der Waals surface area contributed by atoms with Crippen LogP contribution in [0.1, 0.15) is 23.1 Å². The van der Waals surface area contributed by atoms with Crippen LogP contribution >= 0.6 is 11.6 Å². The summed E-state index contributed by atoms with van der Waals surface area (Å²) in [7, 11) is 0. The summed E-state index contributed by atoms with van der Waals surface area (Å²) in [6.07, 6.45) is 5.45. The van der Waals surface area contributed by atoms with Crippen LogP contribution in [0.2, 0.25) is 5.02 Å². The number of pyridine rings is 1. The number of carboxylic acids is 1. The van der Waals surface area contributed by atoms with E-state index in [-0.39, 0.29) is 10.6 Å². The molecule has 0 aliphatic heterocycles. The number of halogens is 1. The normalized spacial score (nSPS) is 10.5. The minimum atomic E-state index is -1.07. The van der Waals surface area contributed by atoms with E-state index in [0.29, 0.717) is 5.82 Å². The van der Waals surface area contributed by atoms with Crippen LogP contribution in [0.4, 0.5) is 0 Å². The van der Waals surface area contributed by atoms with E-state index in [9.17, 15) is 4.79 Å². The highest BCUT2D eigenvalue weighted by Gasteiger charge is 2.12. The minimum absolute atomic E-state index is 0.0346. The van der Waals surface area contributed by atoms with Gasteiger partial charge in [0.05, 0.1) is 10.6 Å². The Morgan fingerprint density at radius 3 is 2.94 bits per heavy atom. The van der Waals surface area contributed by atoms with Gasteiger partial charge in [-0.1, -0.05) is 18.5 Å². The molecule has 0 aliphatic carbocycles. The summed E-state index contributed by atoms with van der Waals surface area (Å²) in [5, 5.41) is 9.10. The first-order valence-corrected chi connectivity index (χ1v) is 5.42. The average Bonchev–Trinajstić information content (AvgIpc) is 2.77. The number of carbonyl (C=O) groups is 1. The van der Waals surface area contributed by atoms with Gasteiger partial charge in [-0.05, 0) is 6.07 Å². The summed E-state index contributed by atoms with van der Waals surface area (Å²) in [6, 6.07) is 1.44. The van der Waals surface area contributed by atoms with Gasteiger partial charge in [0.2, 0.25) is 0 Å². The second-order valence-corrected chi connectivity index (χ2v) is 3.80. The first kappa shape index (κ1) is 11.6. The maximum Gasteiger partial charge on any atom is 0.337 e. The van der Waals surface area contributed by atoms with Crippen molar-refractivity contribution in [3.8, 4) is 5.82 Å². The molecule has 0 radical (unpaired) electrons. The molecule has 0 saturated heterocycles. The van der Waals surface area contributed by atoms with Crippen LogP contribution in [0.25, 0.3) is 5.82 Å². The third-order valence-corrected chi connectivity index (χ3v) is 2.65. The number of imidazole rings is 1. The number of hydrogen-bond acceptors (Lipinski definition) is 3. The van der Waals surface area contributed by atoms with Gasteiger partial charge in [-0.2, -0.15) is 0 Å². The molecule has 0 amide bonds. The molecule has 0 spiro atoms. The van der Waals surface area contributed by atoms with E-state index in [4.69, 9.17) is 16.7 Å². The highest BCUT2D eigenvalue weighted by atomic mass is 35.5. The van der Waals surface area contributed by atoms with E-state index >= 15 is 0 Å². The fourth-order valence-electron chi connectivity index (χ4n) is 1.53. The lowest BCUT2D eigenvalue weighted by atomic mass is 10.2. The maximum atomic E-state index is 11.0. The number of aromatic nitrogens is 3. The topological polar surface area (TPSA) is 68.0 Å². The molecule has 5 nitrogen and oxygen atoms in total. The fraction of sp³-hybridized carbons (Fsp3) is 0.182. The Labute approximate surface area is 103 Å². The van der Waals surface area contributed by atoms with E-state index in [1.165, 1.54) is 12.3 Å². The van der Waals surface area contributed by atoms with Gasteiger partial charge >= 0.3 is 5.97 Å². The molecule has 0 saturated carbocycles. The highest BCUT2D eigenvalue weighted by molar-refractivity contribution is 6.33. The van der Waals surface area contributed by atoms with Crippen molar-refractivity contribution in [1.29, 1.82) is 0 Å². The third-order valence-electron chi connectivity index (χ3n) is 2.35. The zero-order valence-corrected chi connectivity index (χ0v) is 9.85. The Balaban J connectivity index is 2.54. The summed E-state index contributed by atoms with van der Waals surface area (Å²) in [4.78, 5) is 19.2. The van der Waals surface area contributed by atoms with Crippen LogP contribution in [-0.4, -0.2) is 25.6 Å². The lowest BCUT2D eigenvalue weighted by molar-refractivity contribution is 0.0697. The van der Waals surface area contributed by atoms with Crippen LogP contribution in [0.3, 0.4) is 0 Å². The fourth-order valence-corrected chi connectivity index (χ4v) is 1.71. The van der Waals surface area contributed by atoms with Crippen molar-refractivity contribution in [1.82, 2.24) is 14.5 Å². The van der Waals surface area contributed by atoms with Gasteiger partial charge in [0.1, 0.15) is 11.6 Å². The number of aryl methyl sites for hydroxylation is 1. The summed E-state index contributed by atoms with van der Waals surface area (Å²) in [5.74, 6) is 0.245. The second-order valence-electron chi connectivity index (χ2n) is 3.39. The van der Waals surface area contributed by atoms with Crippen molar-refractivity contribution in [2.75, 3.05) is 0 Å². The monoisotopic (exact) mass is 251 g/mol. The molecule has 2 aromatic heterocycles. The van der Waals surface area contributed by atoms with Gasteiger partial charge in [0, 0.05) is 25.0 Å². The molecule has 2 heterocycles. The van der Waals surface area contributed by atoms with Crippen LogP contribution in [0.5, 0.6) is 0 Å². The molecule has 0 aliphatic rings. The van der Waals surface area contributed by atoms with Gasteiger partial charge in [0.15, 0.2) is 0 Å². The van der Waals surface area contributed by atoms with E-state index in [1.54, 1.807) is 17.0 Å². The summed E-state index contributed by atoms with van der Waals surface area (Å²) in [6.45, 7) is 1.97. The molecule has 0 fully saturated rings. The maximum absolute atomic E-state index is 11.0. The molecule has 0 atom stereocenters. The van der Waals surface area contributed by atoms with Crippen LogP contribution in [0, 0.1) is 0 Å². The molecular weight excluding hydrogens is 242 g/mol. The molecule has 1 N–H and O–H groups in total. The molecule has 2 aromatic rings. The Kier molecular flexibility index (Phi) is 3.10. The highest BCUT2D eigenvalue weighted by Crippen LogP contribution is 2.18. The Bertz CT molecular complexity index is 566. The molecule has 0 bridgehead atoms. The Morgan fingerprint density at radius 1 is 1.53 bits per heavy atom. The average molecular weight is 252 g/mol. The van der Waals surface area contributed by atoms with Crippen molar-refractivity contribution < 1.29 is 9.90 Å². The predicted molar refractivity (Wildman–Crippen MR) is 62.7 cm³/mol. The first-order valence-electron chi connectivity index (χ1n) is 5.05. The van der Waals surface area contributed by atoms with Gasteiger partial charge in [-0.3, -0.25) is 4.57 Å². The Morgan fingerprint density at radius 2 is 2.29 bits per heavy atom. The van der Waals surface area contributed by atoms with Gasteiger partial charge in [-0.15, -0.1) is 0 Å². The largest absolute Gasteiger partial charge is 0.478 e. The van der Waals surface area contributed by atoms with Gasteiger partial charge < -0.3 is 5.11 Å². The number of nitrogens with zero attached hydrogens (tertiary/aromatic N) is 3. The zero-order chi connectivity index (χ0) is 12.4. The predicted octanol–water partition coefficient (Wildman–Crippen LogP) is 2.18. The molecule has 6 heteroatoms. The lowest BCUT2D eigenvalue weighted by Gasteiger charge is -2.07. The SMILES string of the molecule is CCc1nccn1-c1cc(C(=O)O)c(Cl)cn1.